The molecule has 1 heterocycles. The summed E-state index contributed by atoms with van der Waals surface area (Å²) in [5.41, 5.74) is 0.885. The van der Waals surface area contributed by atoms with Gasteiger partial charge in [-0.3, -0.25) is 0 Å². The quantitative estimate of drug-likeness (QED) is 0.595. The Balaban J connectivity index is 2.01. The normalized spacial score (nSPS) is 12.4. The third-order valence-corrected chi connectivity index (χ3v) is 5.86. The number of imidazole rings is 1. The van der Waals surface area contributed by atoms with Crippen molar-refractivity contribution in [2.24, 2.45) is 7.05 Å². The molecule has 0 saturated carbocycles. The first-order valence-corrected chi connectivity index (χ1v) is 10.2. The number of hydrogen-bond donors (Lipinski definition) is 1. The van der Waals surface area contributed by atoms with Crippen LogP contribution in [0.2, 0.25) is 0 Å². The molecule has 0 bridgehead atoms. The SMILES string of the molecule is COC(=O)c1ccc(S(=O)(=O)NC(c2ccccc2OC)c2nccn2C)cc1. The Bertz CT molecular complexity index is 1110. The van der Waals surface area contributed by atoms with Crippen LogP contribution in [0.25, 0.3) is 0 Å². The molecule has 1 N–H and O–H groups in total. The molecule has 1 unspecified atom stereocenters. The number of methoxy groups -OCH3 is 2. The number of benzene rings is 2. The Morgan fingerprint density at radius 1 is 1.10 bits per heavy atom. The van der Waals surface area contributed by atoms with Crippen molar-refractivity contribution in [2.45, 2.75) is 10.9 Å². The second kappa shape index (κ2) is 8.46. The van der Waals surface area contributed by atoms with Crippen molar-refractivity contribution in [3.05, 3.63) is 77.9 Å². The molecule has 3 aromatic rings. The van der Waals surface area contributed by atoms with E-state index >= 15 is 0 Å². The zero-order valence-electron chi connectivity index (χ0n) is 16.2. The minimum atomic E-state index is -3.94. The summed E-state index contributed by atoms with van der Waals surface area (Å²) in [6, 6.07) is 11.9. The molecule has 1 atom stereocenters. The van der Waals surface area contributed by atoms with Crippen molar-refractivity contribution >= 4 is 16.0 Å². The Labute approximate surface area is 169 Å². The van der Waals surface area contributed by atoms with Gasteiger partial charge in [-0.25, -0.2) is 18.2 Å². The number of esters is 1. The largest absolute Gasteiger partial charge is 0.496 e. The van der Waals surface area contributed by atoms with Crippen LogP contribution >= 0.6 is 0 Å². The highest BCUT2D eigenvalue weighted by Crippen LogP contribution is 2.30. The molecule has 0 aliphatic heterocycles. The van der Waals surface area contributed by atoms with Gasteiger partial charge in [0.2, 0.25) is 10.0 Å². The number of ether oxygens (including phenoxy) is 2. The highest BCUT2D eigenvalue weighted by atomic mass is 32.2. The van der Waals surface area contributed by atoms with Gasteiger partial charge in [-0.05, 0) is 30.3 Å². The molecule has 1 aromatic heterocycles. The van der Waals surface area contributed by atoms with Crippen molar-refractivity contribution in [2.75, 3.05) is 14.2 Å². The summed E-state index contributed by atoms with van der Waals surface area (Å²) in [4.78, 5) is 15.9. The van der Waals surface area contributed by atoms with E-state index in [-0.39, 0.29) is 10.5 Å². The van der Waals surface area contributed by atoms with Crippen molar-refractivity contribution in [3.63, 3.8) is 0 Å². The van der Waals surface area contributed by atoms with E-state index in [1.807, 2.05) is 0 Å². The van der Waals surface area contributed by atoms with Gasteiger partial charge in [0.1, 0.15) is 17.6 Å². The Morgan fingerprint density at radius 3 is 2.38 bits per heavy atom. The van der Waals surface area contributed by atoms with Gasteiger partial charge in [0.15, 0.2) is 0 Å². The molecule has 0 fully saturated rings. The fourth-order valence-electron chi connectivity index (χ4n) is 2.93. The zero-order chi connectivity index (χ0) is 21.0. The molecule has 152 valence electrons. The molecule has 0 amide bonds. The van der Waals surface area contributed by atoms with Crippen LogP contribution in [0.1, 0.15) is 27.8 Å². The maximum Gasteiger partial charge on any atom is 0.337 e. The van der Waals surface area contributed by atoms with Gasteiger partial charge in [0, 0.05) is 25.0 Å². The third kappa shape index (κ3) is 4.30. The Kier molecular flexibility index (Phi) is 6.00. The molecule has 29 heavy (non-hydrogen) atoms. The molecular formula is C20H21N3O5S. The smallest absolute Gasteiger partial charge is 0.337 e. The van der Waals surface area contributed by atoms with E-state index in [2.05, 4.69) is 14.4 Å². The van der Waals surface area contributed by atoms with Crippen LogP contribution in [0.4, 0.5) is 0 Å². The average Bonchev–Trinajstić information content (AvgIpc) is 3.17. The van der Waals surface area contributed by atoms with Crippen molar-refractivity contribution in [3.8, 4) is 5.75 Å². The maximum absolute atomic E-state index is 13.1. The molecule has 0 spiro atoms. The van der Waals surface area contributed by atoms with Crippen LogP contribution in [0.5, 0.6) is 5.75 Å². The fraction of sp³-hybridized carbons (Fsp3) is 0.200. The molecule has 8 nitrogen and oxygen atoms in total. The van der Waals surface area contributed by atoms with Gasteiger partial charge in [-0.2, -0.15) is 4.72 Å². The van der Waals surface area contributed by atoms with E-state index in [0.717, 1.165) is 0 Å². The number of aromatic nitrogens is 2. The number of nitrogens with one attached hydrogen (secondary N) is 1. The van der Waals surface area contributed by atoms with Crippen molar-refractivity contribution < 1.29 is 22.7 Å². The highest BCUT2D eigenvalue weighted by molar-refractivity contribution is 7.89. The van der Waals surface area contributed by atoms with E-state index < -0.39 is 22.0 Å². The number of aryl methyl sites for hydroxylation is 1. The molecular weight excluding hydrogens is 394 g/mol. The summed E-state index contributed by atoms with van der Waals surface area (Å²) in [5.74, 6) is 0.496. The molecule has 3 rings (SSSR count). The first-order valence-electron chi connectivity index (χ1n) is 8.68. The van der Waals surface area contributed by atoms with Crippen molar-refractivity contribution in [1.82, 2.24) is 14.3 Å². The molecule has 2 aromatic carbocycles. The standard InChI is InChI=1S/C20H21N3O5S/c1-23-13-12-21-19(23)18(16-6-4-5-7-17(16)27-2)22-29(25,26)15-10-8-14(9-11-15)20(24)28-3/h4-13,18,22H,1-3H3. The molecule has 0 radical (unpaired) electrons. The van der Waals surface area contributed by atoms with E-state index in [4.69, 9.17) is 4.74 Å². The summed E-state index contributed by atoms with van der Waals surface area (Å²) in [6.45, 7) is 0. The predicted octanol–water partition coefficient (Wildman–Crippen LogP) is 2.28. The lowest BCUT2D eigenvalue weighted by Crippen LogP contribution is -2.31. The molecule has 0 aliphatic carbocycles. The average molecular weight is 415 g/mol. The fourth-order valence-corrected chi connectivity index (χ4v) is 4.10. The first kappa shape index (κ1) is 20.6. The van der Waals surface area contributed by atoms with Crippen LogP contribution in [0, 0.1) is 0 Å². The van der Waals surface area contributed by atoms with Gasteiger partial charge in [-0.15, -0.1) is 0 Å². The van der Waals surface area contributed by atoms with Gasteiger partial charge < -0.3 is 14.0 Å². The van der Waals surface area contributed by atoms with E-state index in [9.17, 15) is 13.2 Å². The van der Waals surface area contributed by atoms with E-state index in [1.165, 1.54) is 38.5 Å². The van der Waals surface area contributed by atoms with E-state index in [1.54, 1.807) is 48.3 Å². The zero-order valence-corrected chi connectivity index (χ0v) is 17.0. The van der Waals surface area contributed by atoms with Gasteiger partial charge in [0.05, 0.1) is 24.7 Å². The number of sulfonamides is 1. The Hall–Kier alpha value is -3.17. The predicted molar refractivity (Wildman–Crippen MR) is 106 cm³/mol. The second-order valence-corrected chi connectivity index (χ2v) is 7.92. The Morgan fingerprint density at radius 2 is 1.79 bits per heavy atom. The van der Waals surface area contributed by atoms with Gasteiger partial charge in [0.25, 0.3) is 0 Å². The maximum atomic E-state index is 13.1. The summed E-state index contributed by atoms with van der Waals surface area (Å²) in [6.07, 6.45) is 3.33. The summed E-state index contributed by atoms with van der Waals surface area (Å²) < 4.78 is 40.6. The van der Waals surface area contributed by atoms with E-state index in [0.29, 0.717) is 17.1 Å². The first-order chi connectivity index (χ1) is 13.9. The number of rotatable bonds is 7. The molecule has 9 heteroatoms. The number of carbonyl (C=O) groups excluding carboxylic acids is 1. The van der Waals surface area contributed by atoms with Crippen molar-refractivity contribution in [1.29, 1.82) is 0 Å². The number of para-hydroxylation sites is 1. The highest BCUT2D eigenvalue weighted by Gasteiger charge is 2.28. The minimum absolute atomic E-state index is 0.0132. The van der Waals surface area contributed by atoms with Gasteiger partial charge >= 0.3 is 5.97 Å². The van der Waals surface area contributed by atoms with Gasteiger partial charge in [-0.1, -0.05) is 18.2 Å². The van der Waals surface area contributed by atoms with Crippen LogP contribution < -0.4 is 9.46 Å². The van der Waals surface area contributed by atoms with Crippen LogP contribution in [0.3, 0.4) is 0 Å². The van der Waals surface area contributed by atoms with Crippen LogP contribution in [-0.4, -0.2) is 38.2 Å². The lowest BCUT2D eigenvalue weighted by atomic mass is 10.1. The number of hydrogen-bond acceptors (Lipinski definition) is 6. The second-order valence-electron chi connectivity index (χ2n) is 6.21. The number of nitrogens with zero attached hydrogens (tertiary/aromatic N) is 2. The molecule has 0 saturated heterocycles. The molecule has 0 aliphatic rings. The number of carbonyl (C=O) groups is 1. The van der Waals surface area contributed by atoms with Crippen LogP contribution in [-0.2, 0) is 21.8 Å². The summed E-state index contributed by atoms with van der Waals surface area (Å²) >= 11 is 0. The summed E-state index contributed by atoms with van der Waals surface area (Å²) in [5, 5.41) is 0. The monoisotopic (exact) mass is 415 g/mol. The lowest BCUT2D eigenvalue weighted by molar-refractivity contribution is 0.0600. The van der Waals surface area contributed by atoms with Crippen LogP contribution in [0.15, 0.2) is 65.8 Å². The topological polar surface area (TPSA) is 99.5 Å². The lowest BCUT2D eigenvalue weighted by Gasteiger charge is -2.21. The minimum Gasteiger partial charge on any atom is -0.496 e. The third-order valence-electron chi connectivity index (χ3n) is 4.43. The summed E-state index contributed by atoms with van der Waals surface area (Å²) in [7, 11) is 0.632.